The van der Waals surface area contributed by atoms with Gasteiger partial charge in [-0.15, -0.1) is 0 Å². The van der Waals surface area contributed by atoms with Crippen molar-refractivity contribution < 1.29 is 0 Å². The number of nitrogens with zero attached hydrogens (tertiary/aromatic N) is 1. The first kappa shape index (κ1) is 11.7. The Bertz CT molecular complexity index is 315. The molecule has 1 aromatic heterocycles. The van der Waals surface area contributed by atoms with Crippen LogP contribution in [0.1, 0.15) is 39.0 Å². The second-order valence-corrected chi connectivity index (χ2v) is 5.07. The van der Waals surface area contributed by atoms with Crippen LogP contribution >= 0.6 is 11.6 Å². The molecule has 2 rings (SSSR count). The van der Waals surface area contributed by atoms with Gasteiger partial charge < -0.3 is 5.32 Å². The Labute approximate surface area is 102 Å². The lowest BCUT2D eigenvalue weighted by Crippen LogP contribution is -2.26. The Morgan fingerprint density at radius 3 is 2.62 bits per heavy atom. The summed E-state index contributed by atoms with van der Waals surface area (Å²) in [4.78, 5) is 4.27. The summed E-state index contributed by atoms with van der Waals surface area (Å²) in [6, 6.07) is 4.43. The third-order valence-corrected chi connectivity index (χ3v) is 3.73. The standard InChI is InChI=1S/C13H19ClN2/c1-2-10-3-6-12(7-4-10)16-13-8-5-11(14)9-15-13/h5,8-10,12H,2-4,6-7H2,1H3,(H,15,16). The summed E-state index contributed by atoms with van der Waals surface area (Å²) in [5, 5.41) is 4.18. The van der Waals surface area contributed by atoms with Crippen LogP contribution in [0.5, 0.6) is 0 Å². The van der Waals surface area contributed by atoms with Crippen LogP contribution in [0, 0.1) is 5.92 Å². The van der Waals surface area contributed by atoms with Gasteiger partial charge in [-0.2, -0.15) is 0 Å². The minimum absolute atomic E-state index is 0.594. The number of aromatic nitrogens is 1. The molecule has 1 aliphatic rings. The molecule has 0 amide bonds. The van der Waals surface area contributed by atoms with Gasteiger partial charge in [0, 0.05) is 12.2 Å². The van der Waals surface area contributed by atoms with E-state index in [1.807, 2.05) is 12.1 Å². The van der Waals surface area contributed by atoms with Gasteiger partial charge in [0.15, 0.2) is 0 Å². The van der Waals surface area contributed by atoms with Gasteiger partial charge >= 0.3 is 0 Å². The van der Waals surface area contributed by atoms with Crippen LogP contribution in [0.3, 0.4) is 0 Å². The highest BCUT2D eigenvalue weighted by molar-refractivity contribution is 6.30. The van der Waals surface area contributed by atoms with Crippen molar-refractivity contribution in [3.63, 3.8) is 0 Å². The Balaban J connectivity index is 1.84. The summed E-state index contributed by atoms with van der Waals surface area (Å²) in [5.74, 6) is 1.89. The van der Waals surface area contributed by atoms with E-state index in [1.54, 1.807) is 6.20 Å². The molecule has 0 spiro atoms. The van der Waals surface area contributed by atoms with Crippen LogP contribution in [0.2, 0.25) is 5.02 Å². The van der Waals surface area contributed by atoms with Crippen molar-refractivity contribution in [3.05, 3.63) is 23.4 Å². The maximum absolute atomic E-state index is 5.80. The SMILES string of the molecule is CCC1CCC(Nc2ccc(Cl)cn2)CC1. The monoisotopic (exact) mass is 238 g/mol. The molecular formula is C13H19ClN2. The van der Waals surface area contributed by atoms with Crippen LogP contribution in [0.25, 0.3) is 0 Å². The van der Waals surface area contributed by atoms with E-state index in [2.05, 4.69) is 17.2 Å². The lowest BCUT2D eigenvalue weighted by Gasteiger charge is -2.28. The van der Waals surface area contributed by atoms with E-state index in [9.17, 15) is 0 Å². The van der Waals surface area contributed by atoms with Crippen LogP contribution in [0.15, 0.2) is 18.3 Å². The quantitative estimate of drug-likeness (QED) is 0.857. The third kappa shape index (κ3) is 3.11. The minimum atomic E-state index is 0.594. The van der Waals surface area contributed by atoms with E-state index < -0.39 is 0 Å². The second kappa shape index (κ2) is 5.53. The number of halogens is 1. The first-order valence-corrected chi connectivity index (χ1v) is 6.54. The van der Waals surface area contributed by atoms with Crippen molar-refractivity contribution in [1.29, 1.82) is 0 Å². The summed E-state index contributed by atoms with van der Waals surface area (Å²) >= 11 is 5.80. The summed E-state index contributed by atoms with van der Waals surface area (Å²) in [7, 11) is 0. The number of nitrogens with one attached hydrogen (secondary N) is 1. The molecule has 0 atom stereocenters. The highest BCUT2D eigenvalue weighted by Crippen LogP contribution is 2.28. The van der Waals surface area contributed by atoms with Crippen molar-refractivity contribution in [2.24, 2.45) is 5.92 Å². The average molecular weight is 239 g/mol. The average Bonchev–Trinajstić information content (AvgIpc) is 2.33. The molecule has 2 nitrogen and oxygen atoms in total. The number of anilines is 1. The van der Waals surface area contributed by atoms with E-state index >= 15 is 0 Å². The highest BCUT2D eigenvalue weighted by atomic mass is 35.5. The molecule has 3 heteroatoms. The summed E-state index contributed by atoms with van der Waals surface area (Å²) in [5.41, 5.74) is 0. The topological polar surface area (TPSA) is 24.9 Å². The van der Waals surface area contributed by atoms with Gasteiger partial charge in [-0.05, 0) is 43.7 Å². The summed E-state index contributed by atoms with van der Waals surface area (Å²) in [6.07, 6.45) is 8.25. The minimum Gasteiger partial charge on any atom is -0.367 e. The van der Waals surface area contributed by atoms with E-state index in [0.29, 0.717) is 11.1 Å². The highest BCUT2D eigenvalue weighted by Gasteiger charge is 2.19. The van der Waals surface area contributed by atoms with E-state index in [-0.39, 0.29) is 0 Å². The zero-order chi connectivity index (χ0) is 11.4. The van der Waals surface area contributed by atoms with Crippen molar-refractivity contribution in [1.82, 2.24) is 4.98 Å². The van der Waals surface area contributed by atoms with E-state index in [4.69, 9.17) is 11.6 Å². The molecule has 0 aliphatic heterocycles. The fourth-order valence-electron chi connectivity index (χ4n) is 2.39. The first-order valence-electron chi connectivity index (χ1n) is 6.16. The predicted octanol–water partition coefficient (Wildman–Crippen LogP) is 4.12. The number of rotatable bonds is 3. The van der Waals surface area contributed by atoms with Gasteiger partial charge in [0.2, 0.25) is 0 Å². The van der Waals surface area contributed by atoms with Crippen molar-refractivity contribution in [2.45, 2.75) is 45.1 Å². The smallest absolute Gasteiger partial charge is 0.126 e. The Hall–Kier alpha value is -0.760. The molecule has 0 unspecified atom stereocenters. The number of hydrogen-bond donors (Lipinski definition) is 1. The molecule has 88 valence electrons. The van der Waals surface area contributed by atoms with Gasteiger partial charge in [0.25, 0.3) is 0 Å². The Kier molecular flexibility index (Phi) is 4.05. The summed E-state index contributed by atoms with van der Waals surface area (Å²) in [6.45, 7) is 2.29. The largest absolute Gasteiger partial charge is 0.367 e. The van der Waals surface area contributed by atoms with Gasteiger partial charge in [-0.1, -0.05) is 24.9 Å². The Morgan fingerprint density at radius 1 is 1.31 bits per heavy atom. The second-order valence-electron chi connectivity index (χ2n) is 4.63. The molecule has 1 N–H and O–H groups in total. The number of hydrogen-bond acceptors (Lipinski definition) is 2. The first-order chi connectivity index (χ1) is 7.78. The molecule has 0 saturated heterocycles. The predicted molar refractivity (Wildman–Crippen MR) is 68.9 cm³/mol. The molecule has 1 saturated carbocycles. The molecule has 1 fully saturated rings. The van der Waals surface area contributed by atoms with Gasteiger partial charge in [-0.25, -0.2) is 4.98 Å². The molecule has 16 heavy (non-hydrogen) atoms. The zero-order valence-electron chi connectivity index (χ0n) is 9.75. The molecule has 1 aliphatic carbocycles. The lowest BCUT2D eigenvalue weighted by atomic mass is 9.84. The summed E-state index contributed by atoms with van der Waals surface area (Å²) < 4.78 is 0. The lowest BCUT2D eigenvalue weighted by molar-refractivity contribution is 0.330. The van der Waals surface area contributed by atoms with Gasteiger partial charge in [-0.3, -0.25) is 0 Å². The van der Waals surface area contributed by atoms with E-state index in [1.165, 1.54) is 32.1 Å². The van der Waals surface area contributed by atoms with Crippen molar-refractivity contribution in [2.75, 3.05) is 5.32 Å². The van der Waals surface area contributed by atoms with Crippen LogP contribution in [-0.4, -0.2) is 11.0 Å². The van der Waals surface area contributed by atoms with Crippen LogP contribution < -0.4 is 5.32 Å². The molecule has 0 radical (unpaired) electrons. The normalized spacial score (nSPS) is 25.4. The van der Waals surface area contributed by atoms with Crippen LogP contribution in [0.4, 0.5) is 5.82 Å². The third-order valence-electron chi connectivity index (χ3n) is 3.50. The maximum atomic E-state index is 5.80. The van der Waals surface area contributed by atoms with Gasteiger partial charge in [0.05, 0.1) is 5.02 Å². The maximum Gasteiger partial charge on any atom is 0.126 e. The fraction of sp³-hybridized carbons (Fsp3) is 0.615. The molecular weight excluding hydrogens is 220 g/mol. The molecule has 0 bridgehead atoms. The Morgan fingerprint density at radius 2 is 2.06 bits per heavy atom. The zero-order valence-corrected chi connectivity index (χ0v) is 10.5. The van der Waals surface area contributed by atoms with Crippen LogP contribution in [-0.2, 0) is 0 Å². The molecule has 1 aromatic rings. The fourth-order valence-corrected chi connectivity index (χ4v) is 2.50. The number of pyridine rings is 1. The van der Waals surface area contributed by atoms with Gasteiger partial charge in [0.1, 0.15) is 5.82 Å². The van der Waals surface area contributed by atoms with E-state index in [0.717, 1.165) is 11.7 Å². The molecule has 0 aromatic carbocycles. The van der Waals surface area contributed by atoms with Crippen molar-refractivity contribution in [3.8, 4) is 0 Å². The molecule has 1 heterocycles. The van der Waals surface area contributed by atoms with Crippen molar-refractivity contribution >= 4 is 17.4 Å².